The molecular formula is C20H30ClIN6. The van der Waals surface area contributed by atoms with Crippen LogP contribution >= 0.6 is 35.6 Å². The van der Waals surface area contributed by atoms with E-state index in [9.17, 15) is 0 Å². The van der Waals surface area contributed by atoms with Crippen LogP contribution in [0.4, 0.5) is 0 Å². The van der Waals surface area contributed by atoms with Crippen LogP contribution in [0.5, 0.6) is 0 Å². The highest BCUT2D eigenvalue weighted by atomic mass is 127. The van der Waals surface area contributed by atoms with Crippen molar-refractivity contribution in [2.75, 3.05) is 26.7 Å². The van der Waals surface area contributed by atoms with Gasteiger partial charge in [-0.2, -0.15) is 5.10 Å². The van der Waals surface area contributed by atoms with Crippen LogP contribution < -0.4 is 10.6 Å². The topological polar surface area (TPSA) is 68.3 Å². The van der Waals surface area contributed by atoms with Crippen molar-refractivity contribution in [3.8, 4) is 0 Å². The fourth-order valence-electron chi connectivity index (χ4n) is 3.80. The SMILES string of the molecule is CCNC(=NCc1ccn[nH]1)NCC1CCCN(C)C1c1cccc(Cl)c1.I. The van der Waals surface area contributed by atoms with Crippen LogP contribution in [-0.4, -0.2) is 47.7 Å². The first-order chi connectivity index (χ1) is 13.2. The molecule has 8 heteroatoms. The van der Waals surface area contributed by atoms with Crippen LogP contribution in [0, 0.1) is 5.92 Å². The molecule has 1 aromatic heterocycles. The minimum atomic E-state index is 0. The van der Waals surface area contributed by atoms with Gasteiger partial charge in [-0.1, -0.05) is 23.7 Å². The quantitative estimate of drug-likeness (QED) is 0.310. The number of rotatable bonds is 6. The summed E-state index contributed by atoms with van der Waals surface area (Å²) >= 11 is 6.25. The van der Waals surface area contributed by atoms with Gasteiger partial charge in [0.25, 0.3) is 0 Å². The zero-order valence-electron chi connectivity index (χ0n) is 16.5. The second kappa shape index (κ2) is 11.6. The summed E-state index contributed by atoms with van der Waals surface area (Å²) < 4.78 is 0. The number of aromatic amines is 1. The molecule has 0 radical (unpaired) electrons. The molecule has 2 heterocycles. The Labute approximate surface area is 189 Å². The van der Waals surface area contributed by atoms with Gasteiger partial charge in [0, 0.05) is 30.4 Å². The third-order valence-electron chi connectivity index (χ3n) is 5.04. The van der Waals surface area contributed by atoms with E-state index in [1.165, 1.54) is 18.4 Å². The van der Waals surface area contributed by atoms with E-state index in [1.54, 1.807) is 6.20 Å². The Kier molecular flexibility index (Phi) is 9.53. The van der Waals surface area contributed by atoms with E-state index in [2.05, 4.69) is 56.8 Å². The molecule has 28 heavy (non-hydrogen) atoms. The van der Waals surface area contributed by atoms with Crippen LogP contribution in [-0.2, 0) is 6.54 Å². The van der Waals surface area contributed by atoms with E-state index in [0.717, 1.165) is 36.3 Å². The normalized spacial score (nSPS) is 20.5. The third-order valence-corrected chi connectivity index (χ3v) is 5.27. The summed E-state index contributed by atoms with van der Waals surface area (Å²) in [6, 6.07) is 10.6. The maximum Gasteiger partial charge on any atom is 0.191 e. The van der Waals surface area contributed by atoms with E-state index in [0.29, 0.717) is 18.5 Å². The Morgan fingerprint density at radius 1 is 1.36 bits per heavy atom. The van der Waals surface area contributed by atoms with E-state index in [1.807, 2.05) is 18.2 Å². The highest BCUT2D eigenvalue weighted by Gasteiger charge is 2.30. The first-order valence-electron chi connectivity index (χ1n) is 9.63. The third kappa shape index (κ3) is 6.35. The zero-order chi connectivity index (χ0) is 19.1. The number of halogens is 2. The lowest BCUT2D eigenvalue weighted by Crippen LogP contribution is -2.45. The first-order valence-corrected chi connectivity index (χ1v) is 10.0. The summed E-state index contributed by atoms with van der Waals surface area (Å²) in [5.74, 6) is 1.34. The Morgan fingerprint density at radius 2 is 2.21 bits per heavy atom. The summed E-state index contributed by atoms with van der Waals surface area (Å²) in [5, 5.41) is 14.6. The molecule has 0 spiro atoms. The lowest BCUT2D eigenvalue weighted by Gasteiger charge is -2.40. The first kappa shape index (κ1) is 23.0. The minimum absolute atomic E-state index is 0. The van der Waals surface area contributed by atoms with Gasteiger partial charge in [-0.3, -0.25) is 10.00 Å². The second-order valence-electron chi connectivity index (χ2n) is 7.04. The lowest BCUT2D eigenvalue weighted by molar-refractivity contribution is 0.122. The average Bonchev–Trinajstić information content (AvgIpc) is 3.17. The number of aromatic nitrogens is 2. The number of aliphatic imine (C=N–C) groups is 1. The Morgan fingerprint density at radius 3 is 2.93 bits per heavy atom. The van der Waals surface area contributed by atoms with Crippen molar-refractivity contribution in [2.45, 2.75) is 32.4 Å². The highest BCUT2D eigenvalue weighted by Crippen LogP contribution is 2.35. The van der Waals surface area contributed by atoms with Gasteiger partial charge in [-0.05, 0) is 63.0 Å². The Hall–Kier alpha value is -1.32. The van der Waals surface area contributed by atoms with Crippen LogP contribution in [0.3, 0.4) is 0 Å². The molecule has 3 rings (SSSR count). The van der Waals surface area contributed by atoms with Gasteiger partial charge in [0.2, 0.25) is 0 Å². The number of benzene rings is 1. The van der Waals surface area contributed by atoms with Gasteiger partial charge < -0.3 is 10.6 Å². The number of likely N-dealkylation sites (tertiary alicyclic amines) is 1. The fourth-order valence-corrected chi connectivity index (χ4v) is 4.00. The molecule has 0 aliphatic carbocycles. The predicted octanol–water partition coefficient (Wildman–Crippen LogP) is 3.82. The van der Waals surface area contributed by atoms with Gasteiger partial charge in [0.15, 0.2) is 5.96 Å². The van der Waals surface area contributed by atoms with Crippen LogP contribution in [0.25, 0.3) is 0 Å². The average molecular weight is 517 g/mol. The van der Waals surface area contributed by atoms with Crippen LogP contribution in [0.2, 0.25) is 5.02 Å². The minimum Gasteiger partial charge on any atom is -0.357 e. The molecule has 6 nitrogen and oxygen atoms in total. The monoisotopic (exact) mass is 516 g/mol. The van der Waals surface area contributed by atoms with E-state index in [4.69, 9.17) is 11.6 Å². The maximum atomic E-state index is 6.25. The number of hydrogen-bond donors (Lipinski definition) is 3. The van der Waals surface area contributed by atoms with Gasteiger partial charge in [-0.25, -0.2) is 4.99 Å². The number of nitrogens with zero attached hydrogens (tertiary/aromatic N) is 3. The molecular weight excluding hydrogens is 487 g/mol. The van der Waals surface area contributed by atoms with Crippen LogP contribution in [0.15, 0.2) is 41.5 Å². The molecule has 1 fully saturated rings. The Bertz CT molecular complexity index is 736. The van der Waals surface area contributed by atoms with Crippen molar-refractivity contribution < 1.29 is 0 Å². The molecule has 154 valence electrons. The standard InChI is InChI=1S/C20H29ClN6.HI/c1-3-22-20(24-14-18-9-10-25-26-18)23-13-16-7-5-11-27(2)19(16)15-6-4-8-17(21)12-15;/h4,6,8-10,12,16,19H,3,5,7,11,13-14H2,1-2H3,(H,25,26)(H2,22,23,24);1H. The Balaban J connectivity index is 0.00000280. The summed E-state index contributed by atoms with van der Waals surface area (Å²) in [7, 11) is 2.20. The van der Waals surface area contributed by atoms with Crippen molar-refractivity contribution in [1.82, 2.24) is 25.7 Å². The van der Waals surface area contributed by atoms with E-state index < -0.39 is 0 Å². The molecule has 0 bridgehead atoms. The number of hydrogen-bond acceptors (Lipinski definition) is 3. The van der Waals surface area contributed by atoms with E-state index in [-0.39, 0.29) is 24.0 Å². The number of guanidine groups is 1. The lowest BCUT2D eigenvalue weighted by atomic mass is 9.85. The number of nitrogens with one attached hydrogen (secondary N) is 3. The smallest absolute Gasteiger partial charge is 0.191 e. The van der Waals surface area contributed by atoms with Crippen LogP contribution in [0.1, 0.15) is 37.1 Å². The maximum absolute atomic E-state index is 6.25. The van der Waals surface area contributed by atoms with Gasteiger partial charge >= 0.3 is 0 Å². The molecule has 2 atom stereocenters. The highest BCUT2D eigenvalue weighted by molar-refractivity contribution is 14.0. The van der Waals surface area contributed by atoms with Gasteiger partial charge in [0.05, 0.1) is 12.2 Å². The summed E-state index contributed by atoms with van der Waals surface area (Å²) in [6.45, 7) is 5.48. The molecule has 1 aliphatic rings. The molecule has 0 saturated carbocycles. The van der Waals surface area contributed by atoms with Crippen molar-refractivity contribution in [2.24, 2.45) is 10.9 Å². The van der Waals surface area contributed by atoms with Crippen molar-refractivity contribution in [3.05, 3.63) is 52.8 Å². The van der Waals surface area contributed by atoms with Gasteiger partial charge in [-0.15, -0.1) is 24.0 Å². The van der Waals surface area contributed by atoms with Gasteiger partial charge in [0.1, 0.15) is 0 Å². The molecule has 1 aromatic carbocycles. The predicted molar refractivity (Wildman–Crippen MR) is 126 cm³/mol. The number of H-pyrrole nitrogens is 1. The van der Waals surface area contributed by atoms with E-state index >= 15 is 0 Å². The molecule has 1 saturated heterocycles. The summed E-state index contributed by atoms with van der Waals surface area (Å²) in [6.07, 6.45) is 4.15. The molecule has 2 aromatic rings. The summed E-state index contributed by atoms with van der Waals surface area (Å²) in [5.41, 5.74) is 2.29. The molecule has 1 aliphatic heterocycles. The van der Waals surface area contributed by atoms with Crippen molar-refractivity contribution in [3.63, 3.8) is 0 Å². The van der Waals surface area contributed by atoms with Crippen molar-refractivity contribution >= 4 is 41.5 Å². The fraction of sp³-hybridized carbons (Fsp3) is 0.500. The largest absolute Gasteiger partial charge is 0.357 e. The second-order valence-corrected chi connectivity index (χ2v) is 7.48. The summed E-state index contributed by atoms with van der Waals surface area (Å²) in [4.78, 5) is 7.10. The van der Waals surface area contributed by atoms with Crippen molar-refractivity contribution in [1.29, 1.82) is 0 Å². The number of piperidine rings is 1. The zero-order valence-corrected chi connectivity index (χ0v) is 19.6. The molecule has 0 amide bonds. The molecule has 3 N–H and O–H groups in total. The molecule has 2 unspecified atom stereocenters.